The SMILES string of the molecule is O=C(Nc1ccc2nc(-c3cccc(F)c3)[nH]c2c1)c1cccc(NC(=O)C2CCCO2)c1. The Morgan fingerprint density at radius 1 is 1.00 bits per heavy atom. The van der Waals surface area contributed by atoms with Gasteiger partial charge in [0.25, 0.3) is 11.8 Å². The zero-order valence-corrected chi connectivity index (χ0v) is 17.6. The Morgan fingerprint density at radius 3 is 2.67 bits per heavy atom. The molecule has 1 aliphatic rings. The summed E-state index contributed by atoms with van der Waals surface area (Å²) in [5, 5.41) is 5.67. The van der Waals surface area contributed by atoms with Gasteiger partial charge in [0.05, 0.1) is 11.0 Å². The minimum Gasteiger partial charge on any atom is -0.368 e. The van der Waals surface area contributed by atoms with E-state index in [0.717, 1.165) is 6.42 Å². The number of aromatic nitrogens is 2. The second kappa shape index (κ2) is 8.84. The lowest BCUT2D eigenvalue weighted by Crippen LogP contribution is -2.27. The number of benzene rings is 3. The van der Waals surface area contributed by atoms with Crippen LogP contribution >= 0.6 is 0 Å². The van der Waals surface area contributed by atoms with Crippen molar-refractivity contribution in [2.45, 2.75) is 18.9 Å². The number of aromatic amines is 1. The average Bonchev–Trinajstić information content (AvgIpc) is 3.49. The zero-order chi connectivity index (χ0) is 22.8. The number of carbonyl (C=O) groups excluding carboxylic acids is 2. The average molecular weight is 444 g/mol. The van der Waals surface area contributed by atoms with Gasteiger partial charge in [-0.15, -0.1) is 0 Å². The number of hydrogen-bond acceptors (Lipinski definition) is 4. The number of carbonyl (C=O) groups is 2. The van der Waals surface area contributed by atoms with Gasteiger partial charge in [-0.1, -0.05) is 18.2 Å². The van der Waals surface area contributed by atoms with Gasteiger partial charge < -0.3 is 20.4 Å². The number of H-pyrrole nitrogens is 1. The van der Waals surface area contributed by atoms with Crippen LogP contribution in [0.3, 0.4) is 0 Å². The number of rotatable bonds is 5. The largest absolute Gasteiger partial charge is 0.368 e. The van der Waals surface area contributed by atoms with Crippen molar-refractivity contribution in [2.75, 3.05) is 17.2 Å². The molecular formula is C25H21FN4O3. The molecule has 1 saturated heterocycles. The lowest BCUT2D eigenvalue weighted by Gasteiger charge is -2.11. The molecule has 3 N–H and O–H groups in total. The summed E-state index contributed by atoms with van der Waals surface area (Å²) in [6, 6.07) is 18.2. The van der Waals surface area contributed by atoms with Crippen molar-refractivity contribution in [2.24, 2.45) is 0 Å². The van der Waals surface area contributed by atoms with E-state index in [1.165, 1.54) is 12.1 Å². The minimum absolute atomic E-state index is 0.205. The predicted octanol–water partition coefficient (Wildman–Crippen LogP) is 4.74. The third-order valence-electron chi connectivity index (χ3n) is 5.45. The Labute approximate surface area is 189 Å². The van der Waals surface area contributed by atoms with Crippen LogP contribution in [0.1, 0.15) is 23.2 Å². The van der Waals surface area contributed by atoms with Gasteiger partial charge in [0.1, 0.15) is 17.7 Å². The van der Waals surface area contributed by atoms with Crippen molar-refractivity contribution in [3.63, 3.8) is 0 Å². The second-order valence-corrected chi connectivity index (χ2v) is 7.85. The topological polar surface area (TPSA) is 96.1 Å². The van der Waals surface area contributed by atoms with Crippen molar-refractivity contribution in [3.05, 3.63) is 78.1 Å². The van der Waals surface area contributed by atoms with E-state index >= 15 is 0 Å². The third-order valence-corrected chi connectivity index (χ3v) is 5.45. The first-order valence-electron chi connectivity index (χ1n) is 10.6. The molecule has 2 heterocycles. The van der Waals surface area contributed by atoms with E-state index in [4.69, 9.17) is 4.74 Å². The van der Waals surface area contributed by atoms with Crippen LogP contribution in [-0.4, -0.2) is 34.5 Å². The van der Waals surface area contributed by atoms with Crippen LogP contribution in [0.25, 0.3) is 22.4 Å². The fraction of sp³-hybridized carbons (Fsp3) is 0.160. The quantitative estimate of drug-likeness (QED) is 0.414. The Bertz CT molecular complexity index is 1340. The molecule has 4 aromatic rings. The fourth-order valence-corrected chi connectivity index (χ4v) is 3.81. The van der Waals surface area contributed by atoms with Gasteiger partial charge in [-0.2, -0.15) is 0 Å². The van der Waals surface area contributed by atoms with Gasteiger partial charge in [-0.25, -0.2) is 9.37 Å². The first-order valence-corrected chi connectivity index (χ1v) is 10.6. The number of ether oxygens (including phenoxy) is 1. The van der Waals surface area contributed by atoms with E-state index in [2.05, 4.69) is 20.6 Å². The highest BCUT2D eigenvalue weighted by molar-refractivity contribution is 6.06. The Hall–Kier alpha value is -4.04. The van der Waals surface area contributed by atoms with E-state index in [1.807, 2.05) is 0 Å². The summed E-state index contributed by atoms with van der Waals surface area (Å²) >= 11 is 0. The van der Waals surface area contributed by atoms with Crippen LogP contribution in [0.2, 0.25) is 0 Å². The number of imidazole rings is 1. The number of halogens is 1. The first kappa shape index (κ1) is 20.8. The van der Waals surface area contributed by atoms with Gasteiger partial charge in [-0.3, -0.25) is 9.59 Å². The van der Waals surface area contributed by atoms with E-state index in [0.29, 0.717) is 52.4 Å². The molecule has 1 fully saturated rings. The molecule has 5 rings (SSSR count). The molecule has 3 aromatic carbocycles. The summed E-state index contributed by atoms with van der Waals surface area (Å²) in [6.07, 6.45) is 1.12. The van der Waals surface area contributed by atoms with Gasteiger partial charge >= 0.3 is 0 Å². The molecule has 0 bridgehead atoms. The van der Waals surface area contributed by atoms with Gasteiger partial charge in [0.2, 0.25) is 0 Å². The first-order chi connectivity index (χ1) is 16.0. The molecule has 1 atom stereocenters. The summed E-state index contributed by atoms with van der Waals surface area (Å²) < 4.78 is 18.9. The number of nitrogens with zero attached hydrogens (tertiary/aromatic N) is 1. The van der Waals surface area contributed by atoms with Gasteiger partial charge in [-0.05, 0) is 61.4 Å². The molecule has 2 amide bonds. The van der Waals surface area contributed by atoms with Crippen molar-refractivity contribution in [1.29, 1.82) is 0 Å². The molecule has 0 aliphatic carbocycles. The number of nitrogens with one attached hydrogen (secondary N) is 3. The standard InChI is InChI=1S/C25H21FN4O3/c26-17-6-1-4-15(12-17)23-29-20-10-9-19(14-21(20)30-23)27-24(31)16-5-2-7-18(13-16)28-25(32)22-8-3-11-33-22/h1-2,4-7,9-10,12-14,22H,3,8,11H2,(H,27,31)(H,28,32)(H,29,30). The summed E-state index contributed by atoms with van der Waals surface area (Å²) in [5.74, 6) is -0.311. The molecule has 0 saturated carbocycles. The Balaban J connectivity index is 1.31. The van der Waals surface area contributed by atoms with Crippen LogP contribution in [0.4, 0.5) is 15.8 Å². The smallest absolute Gasteiger partial charge is 0.255 e. The van der Waals surface area contributed by atoms with Crippen molar-refractivity contribution >= 4 is 34.2 Å². The number of fused-ring (bicyclic) bond motifs is 1. The molecule has 1 aliphatic heterocycles. The van der Waals surface area contributed by atoms with E-state index in [1.54, 1.807) is 54.6 Å². The summed E-state index contributed by atoms with van der Waals surface area (Å²) in [7, 11) is 0. The van der Waals surface area contributed by atoms with Crippen molar-refractivity contribution in [3.8, 4) is 11.4 Å². The highest BCUT2D eigenvalue weighted by Crippen LogP contribution is 2.24. The van der Waals surface area contributed by atoms with Crippen molar-refractivity contribution < 1.29 is 18.7 Å². The van der Waals surface area contributed by atoms with Gasteiger partial charge in [0.15, 0.2) is 0 Å². The molecule has 0 radical (unpaired) electrons. The van der Waals surface area contributed by atoms with Crippen molar-refractivity contribution in [1.82, 2.24) is 9.97 Å². The maximum Gasteiger partial charge on any atom is 0.255 e. The molecule has 1 unspecified atom stereocenters. The molecule has 7 nitrogen and oxygen atoms in total. The highest BCUT2D eigenvalue weighted by atomic mass is 19.1. The van der Waals surface area contributed by atoms with Crippen LogP contribution < -0.4 is 10.6 Å². The van der Waals surface area contributed by atoms with E-state index in [-0.39, 0.29) is 17.6 Å². The summed E-state index contributed by atoms with van der Waals surface area (Å²) in [6.45, 7) is 0.588. The van der Waals surface area contributed by atoms with Crippen LogP contribution in [0, 0.1) is 5.82 Å². The molecule has 0 spiro atoms. The van der Waals surface area contributed by atoms with Crippen LogP contribution in [0.5, 0.6) is 0 Å². The summed E-state index contributed by atoms with van der Waals surface area (Å²) in [5.41, 5.74) is 3.57. The highest BCUT2D eigenvalue weighted by Gasteiger charge is 2.23. The maximum atomic E-state index is 13.5. The molecule has 33 heavy (non-hydrogen) atoms. The molecular weight excluding hydrogens is 423 g/mol. The van der Waals surface area contributed by atoms with E-state index < -0.39 is 6.10 Å². The number of hydrogen-bond donors (Lipinski definition) is 3. The van der Waals surface area contributed by atoms with Crippen LogP contribution in [0.15, 0.2) is 66.7 Å². The number of amides is 2. The van der Waals surface area contributed by atoms with Crippen LogP contribution in [-0.2, 0) is 9.53 Å². The lowest BCUT2D eigenvalue weighted by molar-refractivity contribution is -0.124. The molecule has 1 aromatic heterocycles. The third kappa shape index (κ3) is 4.61. The molecule has 8 heteroatoms. The minimum atomic E-state index is -0.444. The fourth-order valence-electron chi connectivity index (χ4n) is 3.81. The second-order valence-electron chi connectivity index (χ2n) is 7.85. The zero-order valence-electron chi connectivity index (χ0n) is 17.6. The monoisotopic (exact) mass is 444 g/mol. The summed E-state index contributed by atoms with van der Waals surface area (Å²) in [4.78, 5) is 32.7. The van der Waals surface area contributed by atoms with Gasteiger partial charge in [0, 0.05) is 29.1 Å². The lowest BCUT2D eigenvalue weighted by atomic mass is 10.1. The van der Waals surface area contributed by atoms with E-state index in [9.17, 15) is 14.0 Å². The maximum absolute atomic E-state index is 13.5. The molecule has 166 valence electrons. The predicted molar refractivity (Wildman–Crippen MR) is 123 cm³/mol. The number of anilines is 2. The Morgan fingerprint density at radius 2 is 1.85 bits per heavy atom. The Kier molecular flexibility index (Phi) is 5.58. The normalized spacial score (nSPS) is 15.5.